The number of nitrogen functional groups attached to an aromatic ring is 1. The molecule has 1 radical (unpaired) electrons. The van der Waals surface area contributed by atoms with E-state index in [0.29, 0.717) is 0 Å². The summed E-state index contributed by atoms with van der Waals surface area (Å²) in [7, 11) is 0. The molecule has 0 amide bonds. The summed E-state index contributed by atoms with van der Waals surface area (Å²) in [5.41, 5.74) is 7.89. The summed E-state index contributed by atoms with van der Waals surface area (Å²) in [6, 6.07) is 8.23. The van der Waals surface area contributed by atoms with E-state index >= 15 is 0 Å². The molecule has 1 aromatic carbocycles. The molecule has 0 aliphatic carbocycles. The van der Waals surface area contributed by atoms with Crippen LogP contribution in [0.2, 0.25) is 0 Å². The molecule has 0 bridgehead atoms. The van der Waals surface area contributed by atoms with E-state index in [-0.39, 0.29) is 0 Å². The zero-order valence-corrected chi connectivity index (χ0v) is 9.15. The van der Waals surface area contributed by atoms with Crippen LogP contribution in [-0.2, 0) is 6.42 Å². The van der Waals surface area contributed by atoms with Crippen molar-refractivity contribution >= 4 is 5.69 Å². The molecule has 0 saturated carbocycles. The minimum absolute atomic E-state index is 0.853. The monoisotopic (exact) mass is 203 g/mol. The number of rotatable bonds is 3. The summed E-state index contributed by atoms with van der Waals surface area (Å²) < 4.78 is 0. The molecule has 2 nitrogen and oxygen atoms in total. The van der Waals surface area contributed by atoms with Gasteiger partial charge < -0.3 is 10.6 Å². The maximum absolute atomic E-state index is 5.65. The molecule has 1 heterocycles. The number of nitrogens with two attached hydrogens (primary N) is 1. The fourth-order valence-corrected chi connectivity index (χ4v) is 2.00. The highest BCUT2D eigenvalue weighted by molar-refractivity contribution is 5.39. The quantitative estimate of drug-likeness (QED) is 0.762. The van der Waals surface area contributed by atoms with Gasteiger partial charge in [-0.15, -0.1) is 0 Å². The van der Waals surface area contributed by atoms with Gasteiger partial charge in [0.2, 0.25) is 0 Å². The Morgan fingerprint density at radius 3 is 2.40 bits per heavy atom. The molecule has 2 N–H and O–H groups in total. The van der Waals surface area contributed by atoms with E-state index in [9.17, 15) is 0 Å². The number of nitrogens with zero attached hydrogens (tertiary/aromatic N) is 1. The molecular weight excluding hydrogens is 184 g/mol. The van der Waals surface area contributed by atoms with Crippen LogP contribution < -0.4 is 5.73 Å². The second-order valence-electron chi connectivity index (χ2n) is 4.20. The first kappa shape index (κ1) is 10.5. The van der Waals surface area contributed by atoms with Crippen LogP contribution in [-0.4, -0.2) is 24.5 Å². The average Bonchev–Trinajstić information content (AvgIpc) is 2.30. The summed E-state index contributed by atoms with van der Waals surface area (Å²) in [5.74, 6) is 0. The van der Waals surface area contributed by atoms with E-state index in [1.165, 1.54) is 38.0 Å². The summed E-state index contributed by atoms with van der Waals surface area (Å²) >= 11 is 0. The minimum Gasteiger partial charge on any atom is -0.399 e. The lowest BCUT2D eigenvalue weighted by Crippen LogP contribution is -2.31. The third-order valence-electron chi connectivity index (χ3n) is 3.00. The van der Waals surface area contributed by atoms with Crippen LogP contribution in [0.15, 0.2) is 24.3 Å². The van der Waals surface area contributed by atoms with Gasteiger partial charge in [-0.05, 0) is 56.5 Å². The van der Waals surface area contributed by atoms with Crippen LogP contribution in [0.3, 0.4) is 0 Å². The largest absolute Gasteiger partial charge is 0.399 e. The predicted molar refractivity (Wildman–Crippen MR) is 64.5 cm³/mol. The van der Waals surface area contributed by atoms with Crippen molar-refractivity contribution in [2.75, 3.05) is 25.4 Å². The predicted octanol–water partition coefficient (Wildman–Crippen LogP) is 2.11. The number of piperidine rings is 1. The zero-order valence-electron chi connectivity index (χ0n) is 9.15. The van der Waals surface area contributed by atoms with E-state index in [1.807, 2.05) is 12.1 Å². The molecule has 81 valence electrons. The van der Waals surface area contributed by atoms with Crippen LogP contribution in [0.4, 0.5) is 5.69 Å². The first-order chi connectivity index (χ1) is 7.34. The smallest absolute Gasteiger partial charge is 0.0314 e. The lowest BCUT2D eigenvalue weighted by Gasteiger charge is -2.26. The third-order valence-corrected chi connectivity index (χ3v) is 3.00. The maximum atomic E-state index is 5.65. The fraction of sp³-hybridized carbons (Fsp3) is 0.462. The lowest BCUT2D eigenvalue weighted by molar-refractivity contribution is 0.257. The molecule has 1 saturated heterocycles. The molecule has 1 aliphatic heterocycles. The Hall–Kier alpha value is -1.02. The number of anilines is 1. The zero-order chi connectivity index (χ0) is 10.5. The fourth-order valence-electron chi connectivity index (χ4n) is 2.00. The van der Waals surface area contributed by atoms with Crippen LogP contribution in [0.1, 0.15) is 18.4 Å². The Morgan fingerprint density at radius 1 is 1.07 bits per heavy atom. The summed E-state index contributed by atoms with van der Waals surface area (Å²) in [6.45, 7) is 3.64. The summed E-state index contributed by atoms with van der Waals surface area (Å²) in [5, 5.41) is 0. The Labute approximate surface area is 92.1 Å². The molecule has 2 rings (SSSR count). The summed E-state index contributed by atoms with van der Waals surface area (Å²) in [4.78, 5) is 2.54. The van der Waals surface area contributed by atoms with E-state index in [0.717, 1.165) is 12.1 Å². The molecule has 2 heteroatoms. The number of benzene rings is 1. The standard InChI is InChI=1S/C13H19N2/c14-13-6-4-12(5-7-13)8-11-15-9-2-1-3-10-15/h1,4-7H,2-3,8-11,14H2. The molecule has 1 fully saturated rings. The van der Waals surface area contributed by atoms with Gasteiger partial charge in [0.15, 0.2) is 0 Å². The lowest BCUT2D eigenvalue weighted by atomic mass is 10.1. The van der Waals surface area contributed by atoms with Crippen molar-refractivity contribution in [1.29, 1.82) is 0 Å². The number of hydrogen-bond acceptors (Lipinski definition) is 2. The highest BCUT2D eigenvalue weighted by atomic mass is 15.1. The van der Waals surface area contributed by atoms with Gasteiger partial charge >= 0.3 is 0 Å². The highest BCUT2D eigenvalue weighted by Crippen LogP contribution is 2.10. The Kier molecular flexibility index (Phi) is 3.62. The Morgan fingerprint density at radius 2 is 1.73 bits per heavy atom. The number of hydrogen-bond donors (Lipinski definition) is 1. The number of likely N-dealkylation sites (tertiary alicyclic amines) is 1. The van der Waals surface area contributed by atoms with Crippen molar-refractivity contribution < 1.29 is 0 Å². The Bertz CT molecular complexity index is 286. The minimum atomic E-state index is 0.853. The van der Waals surface area contributed by atoms with Gasteiger partial charge in [-0.2, -0.15) is 0 Å². The third kappa shape index (κ3) is 3.24. The highest BCUT2D eigenvalue weighted by Gasteiger charge is 2.09. The van der Waals surface area contributed by atoms with Crippen molar-refractivity contribution in [2.24, 2.45) is 0 Å². The van der Waals surface area contributed by atoms with Gasteiger partial charge in [-0.1, -0.05) is 12.1 Å². The van der Waals surface area contributed by atoms with Crippen LogP contribution >= 0.6 is 0 Å². The van der Waals surface area contributed by atoms with Gasteiger partial charge in [-0.25, -0.2) is 0 Å². The molecule has 0 spiro atoms. The van der Waals surface area contributed by atoms with Gasteiger partial charge in [0.25, 0.3) is 0 Å². The van der Waals surface area contributed by atoms with Crippen LogP contribution in [0.5, 0.6) is 0 Å². The molecule has 0 aromatic heterocycles. The van der Waals surface area contributed by atoms with E-state index in [1.54, 1.807) is 0 Å². The van der Waals surface area contributed by atoms with Crippen molar-refractivity contribution in [3.05, 3.63) is 36.2 Å². The normalized spacial score (nSPS) is 17.9. The first-order valence-electron chi connectivity index (χ1n) is 5.73. The molecular formula is C13H19N2. The Balaban J connectivity index is 1.79. The van der Waals surface area contributed by atoms with Crippen LogP contribution in [0.25, 0.3) is 0 Å². The average molecular weight is 203 g/mol. The molecule has 1 aromatic rings. The van der Waals surface area contributed by atoms with Gasteiger partial charge in [-0.3, -0.25) is 0 Å². The van der Waals surface area contributed by atoms with Gasteiger partial charge in [0, 0.05) is 12.2 Å². The molecule has 1 aliphatic rings. The topological polar surface area (TPSA) is 29.3 Å². The molecule has 15 heavy (non-hydrogen) atoms. The van der Waals surface area contributed by atoms with E-state index < -0.39 is 0 Å². The molecule has 0 atom stereocenters. The van der Waals surface area contributed by atoms with E-state index in [2.05, 4.69) is 23.5 Å². The second kappa shape index (κ2) is 5.17. The van der Waals surface area contributed by atoms with Crippen molar-refractivity contribution in [2.45, 2.75) is 19.3 Å². The van der Waals surface area contributed by atoms with Gasteiger partial charge in [0.05, 0.1) is 0 Å². The van der Waals surface area contributed by atoms with Crippen molar-refractivity contribution in [1.82, 2.24) is 4.90 Å². The first-order valence-corrected chi connectivity index (χ1v) is 5.73. The van der Waals surface area contributed by atoms with Crippen LogP contribution in [0, 0.1) is 6.42 Å². The van der Waals surface area contributed by atoms with Gasteiger partial charge in [0.1, 0.15) is 0 Å². The maximum Gasteiger partial charge on any atom is 0.0314 e. The van der Waals surface area contributed by atoms with E-state index in [4.69, 9.17) is 5.73 Å². The summed E-state index contributed by atoms with van der Waals surface area (Å²) in [6.07, 6.45) is 6.03. The SMILES string of the molecule is Nc1ccc(CCN2CC[CH]CC2)cc1. The molecule has 0 unspecified atom stereocenters. The van der Waals surface area contributed by atoms with Crippen molar-refractivity contribution in [3.8, 4) is 0 Å². The van der Waals surface area contributed by atoms with Crippen molar-refractivity contribution in [3.63, 3.8) is 0 Å². The second-order valence-corrected chi connectivity index (χ2v) is 4.20.